The van der Waals surface area contributed by atoms with Crippen molar-refractivity contribution in [3.8, 4) is 0 Å². The number of aromatic nitrogens is 2. The lowest BCUT2D eigenvalue weighted by Crippen LogP contribution is -2.46. The Bertz CT molecular complexity index is 1690. The molecule has 0 aliphatic carbocycles. The molecule has 1 unspecified atom stereocenters. The van der Waals surface area contributed by atoms with Crippen molar-refractivity contribution >= 4 is 18.1 Å². The normalized spacial score (nSPS) is 22.9. The third kappa shape index (κ3) is 5.42. The van der Waals surface area contributed by atoms with Gasteiger partial charge in [-0.2, -0.15) is 0 Å². The molecule has 0 amide bonds. The van der Waals surface area contributed by atoms with Crippen LogP contribution in [0.2, 0.25) is 0 Å². The lowest BCUT2D eigenvalue weighted by atomic mass is 10.00. The van der Waals surface area contributed by atoms with E-state index in [4.69, 9.17) is 31.2 Å². The van der Waals surface area contributed by atoms with Gasteiger partial charge in [-0.1, -0.05) is 78.4 Å². The van der Waals surface area contributed by atoms with Crippen LogP contribution in [0.4, 0.5) is 0 Å². The van der Waals surface area contributed by atoms with Gasteiger partial charge < -0.3 is 18.9 Å². The van der Waals surface area contributed by atoms with Crippen LogP contribution in [0.3, 0.4) is 0 Å². The Hall–Kier alpha value is -3.73. The van der Waals surface area contributed by atoms with Crippen LogP contribution in [0.15, 0.2) is 95.9 Å². The van der Waals surface area contributed by atoms with E-state index in [0.717, 1.165) is 21.3 Å². The van der Waals surface area contributed by atoms with Gasteiger partial charge in [0.1, 0.15) is 17.8 Å². The predicted octanol–water partition coefficient (Wildman–Crippen LogP) is 5.15. The summed E-state index contributed by atoms with van der Waals surface area (Å²) in [5.41, 5.74) is 2.40. The fourth-order valence-electron chi connectivity index (χ4n) is 5.53. The first-order valence-electron chi connectivity index (χ1n) is 13.9. The van der Waals surface area contributed by atoms with Crippen molar-refractivity contribution in [1.82, 2.24) is 9.13 Å². The summed E-state index contributed by atoms with van der Waals surface area (Å²) in [7, 11) is 0. The maximum Gasteiger partial charge on any atom is 0.267 e. The molecular formula is C33H32N2O6S. The molecule has 0 spiro atoms. The van der Waals surface area contributed by atoms with Gasteiger partial charge in [0.15, 0.2) is 11.0 Å². The number of carbonyl (C=O) groups is 1. The highest BCUT2D eigenvalue weighted by molar-refractivity contribution is 7.71. The van der Waals surface area contributed by atoms with Crippen LogP contribution in [0.1, 0.15) is 38.8 Å². The van der Waals surface area contributed by atoms with Gasteiger partial charge in [0.2, 0.25) is 0 Å². The minimum absolute atomic E-state index is 0.0273. The molecule has 4 aromatic rings. The quantitative estimate of drug-likeness (QED) is 0.252. The van der Waals surface area contributed by atoms with Gasteiger partial charge >= 0.3 is 0 Å². The molecule has 0 N–H and O–H groups in total. The number of fused-ring (bicyclic) bond motifs is 2. The molecule has 2 fully saturated rings. The molecule has 2 aliphatic rings. The van der Waals surface area contributed by atoms with Gasteiger partial charge in [0.25, 0.3) is 11.5 Å². The topological polar surface area (TPSA) is 80.9 Å². The van der Waals surface area contributed by atoms with E-state index in [1.54, 1.807) is 29.8 Å². The second-order valence-corrected chi connectivity index (χ2v) is 11.2. The van der Waals surface area contributed by atoms with Gasteiger partial charge in [-0.25, -0.2) is 4.57 Å². The Morgan fingerprint density at radius 2 is 1.60 bits per heavy atom. The van der Waals surface area contributed by atoms with Crippen LogP contribution in [0, 0.1) is 18.6 Å². The second-order valence-electron chi connectivity index (χ2n) is 10.9. The highest BCUT2D eigenvalue weighted by Crippen LogP contribution is 2.47. The molecule has 4 atom stereocenters. The standard InChI is InChI=1S/C33H32N2O6S/c1-22-13-15-26(16-14-22)30(37)35-29(36)23(2)17-34(32(35)42)31-27-28(39-19-25-11-7-4-8-12-25)33(41-31,21-40-27)20-38-18-24-9-5-3-6-10-24/h3-17,27-28,31H,18-21H2,1-2H3/t27-,28?,31+,33-/m0/s1. The van der Waals surface area contributed by atoms with Crippen LogP contribution in [-0.4, -0.2) is 46.1 Å². The molecule has 42 heavy (non-hydrogen) atoms. The van der Waals surface area contributed by atoms with Crippen molar-refractivity contribution in [2.45, 2.75) is 51.1 Å². The first kappa shape index (κ1) is 28.4. The van der Waals surface area contributed by atoms with Gasteiger partial charge in [-0.05, 0) is 49.3 Å². The van der Waals surface area contributed by atoms with Crippen molar-refractivity contribution in [3.63, 3.8) is 0 Å². The molecule has 0 radical (unpaired) electrons. The van der Waals surface area contributed by atoms with E-state index in [-0.39, 0.29) is 18.0 Å². The number of hydrogen-bond donors (Lipinski definition) is 0. The molecule has 3 heterocycles. The molecule has 3 aromatic carbocycles. The third-order valence-corrected chi connectivity index (χ3v) is 8.16. The summed E-state index contributed by atoms with van der Waals surface area (Å²) in [6, 6.07) is 26.8. The van der Waals surface area contributed by atoms with Gasteiger partial charge in [0.05, 0.1) is 26.4 Å². The maximum absolute atomic E-state index is 13.5. The van der Waals surface area contributed by atoms with Gasteiger partial charge in [-0.3, -0.25) is 14.2 Å². The van der Waals surface area contributed by atoms with Crippen molar-refractivity contribution in [2.24, 2.45) is 0 Å². The van der Waals surface area contributed by atoms with E-state index < -0.39 is 35.5 Å². The van der Waals surface area contributed by atoms with Crippen molar-refractivity contribution < 1.29 is 23.7 Å². The number of benzene rings is 3. The molecule has 2 saturated heterocycles. The maximum atomic E-state index is 13.5. The number of rotatable bonds is 9. The number of aryl methyl sites for hydroxylation is 2. The zero-order valence-electron chi connectivity index (χ0n) is 23.5. The van der Waals surface area contributed by atoms with Gasteiger partial charge in [0, 0.05) is 17.3 Å². The molecule has 1 aromatic heterocycles. The number of ether oxygens (including phenoxy) is 4. The zero-order chi connectivity index (χ0) is 29.3. The van der Waals surface area contributed by atoms with E-state index in [1.807, 2.05) is 79.7 Å². The number of carbonyl (C=O) groups excluding carboxylic acids is 1. The molecular weight excluding hydrogens is 552 g/mol. The fraction of sp³-hybridized carbons (Fsp3) is 0.303. The van der Waals surface area contributed by atoms with Crippen molar-refractivity contribution in [2.75, 3.05) is 13.2 Å². The third-order valence-electron chi connectivity index (χ3n) is 7.76. The highest BCUT2D eigenvalue weighted by Gasteiger charge is 2.63. The molecule has 2 aliphatic heterocycles. The van der Waals surface area contributed by atoms with Crippen LogP contribution >= 0.6 is 12.2 Å². The fourth-order valence-corrected chi connectivity index (χ4v) is 5.85. The zero-order valence-corrected chi connectivity index (χ0v) is 24.3. The van der Waals surface area contributed by atoms with Crippen molar-refractivity contribution in [1.29, 1.82) is 0 Å². The first-order valence-corrected chi connectivity index (χ1v) is 14.3. The smallest absolute Gasteiger partial charge is 0.267 e. The number of hydrogen-bond acceptors (Lipinski definition) is 7. The van der Waals surface area contributed by atoms with E-state index in [0.29, 0.717) is 24.3 Å². The molecule has 8 nitrogen and oxygen atoms in total. The predicted molar refractivity (Wildman–Crippen MR) is 159 cm³/mol. The van der Waals surface area contributed by atoms with E-state index in [1.165, 1.54) is 0 Å². The lowest BCUT2D eigenvalue weighted by Gasteiger charge is -2.32. The summed E-state index contributed by atoms with van der Waals surface area (Å²) in [6.45, 7) is 4.85. The summed E-state index contributed by atoms with van der Waals surface area (Å²) in [4.78, 5) is 26.7. The average molecular weight is 585 g/mol. The monoisotopic (exact) mass is 584 g/mol. The van der Waals surface area contributed by atoms with Crippen LogP contribution in [-0.2, 0) is 32.2 Å². The highest BCUT2D eigenvalue weighted by atomic mass is 32.1. The Balaban J connectivity index is 1.32. The molecule has 6 rings (SSSR count). The van der Waals surface area contributed by atoms with E-state index in [2.05, 4.69) is 0 Å². The molecule has 2 bridgehead atoms. The van der Waals surface area contributed by atoms with Crippen molar-refractivity contribution in [3.05, 3.63) is 134 Å². The number of nitrogens with zero attached hydrogens (tertiary/aromatic N) is 2. The van der Waals surface area contributed by atoms with E-state index in [9.17, 15) is 9.59 Å². The molecule has 216 valence electrons. The Morgan fingerprint density at radius 3 is 2.26 bits per heavy atom. The minimum Gasteiger partial charge on any atom is -0.374 e. The summed E-state index contributed by atoms with van der Waals surface area (Å²) < 4.78 is 28.3. The van der Waals surface area contributed by atoms with Crippen LogP contribution in [0.5, 0.6) is 0 Å². The first-order chi connectivity index (χ1) is 20.4. The SMILES string of the molecule is Cc1ccc(C(=O)n2c(=O)c(C)cn([C@@H]3O[C@@]4(COCc5ccccc5)CO[C@H]3C4OCc3ccccc3)c2=S)cc1. The second kappa shape index (κ2) is 11.9. The lowest BCUT2D eigenvalue weighted by molar-refractivity contribution is -0.196. The van der Waals surface area contributed by atoms with Crippen LogP contribution < -0.4 is 5.56 Å². The van der Waals surface area contributed by atoms with Crippen LogP contribution in [0.25, 0.3) is 0 Å². The summed E-state index contributed by atoms with van der Waals surface area (Å²) in [6.07, 6.45) is -0.122. The summed E-state index contributed by atoms with van der Waals surface area (Å²) >= 11 is 5.76. The summed E-state index contributed by atoms with van der Waals surface area (Å²) in [5.74, 6) is -0.496. The van der Waals surface area contributed by atoms with Gasteiger partial charge in [-0.15, -0.1) is 0 Å². The summed E-state index contributed by atoms with van der Waals surface area (Å²) in [5, 5.41) is 0. The Kier molecular flexibility index (Phi) is 8.02. The Labute approximate surface area is 249 Å². The molecule has 9 heteroatoms. The minimum atomic E-state index is -0.913. The Morgan fingerprint density at radius 1 is 0.952 bits per heavy atom. The van der Waals surface area contributed by atoms with E-state index >= 15 is 0 Å². The largest absolute Gasteiger partial charge is 0.374 e. The average Bonchev–Trinajstić information content (AvgIpc) is 3.51. The molecule has 0 saturated carbocycles.